The van der Waals surface area contributed by atoms with Crippen LogP contribution in [0.1, 0.15) is 53.9 Å². The van der Waals surface area contributed by atoms with E-state index >= 15 is 0 Å². The number of nitrogens with one attached hydrogen (secondary N) is 1. The van der Waals surface area contributed by atoms with E-state index < -0.39 is 0 Å². The van der Waals surface area contributed by atoms with Crippen LogP contribution in [0.2, 0.25) is 0 Å². The zero-order chi connectivity index (χ0) is 13.2. The third kappa shape index (κ3) is 3.30. The van der Waals surface area contributed by atoms with Crippen molar-refractivity contribution in [2.45, 2.75) is 53.9 Å². The quantitative estimate of drug-likeness (QED) is 0.767. The van der Waals surface area contributed by atoms with Crippen molar-refractivity contribution in [3.63, 3.8) is 0 Å². The molecule has 1 unspecified atom stereocenters. The zero-order valence-electron chi connectivity index (χ0n) is 11.7. The Morgan fingerprint density at radius 2 is 1.65 bits per heavy atom. The van der Waals surface area contributed by atoms with E-state index in [-0.39, 0.29) is 23.1 Å². The highest BCUT2D eigenvalue weighted by molar-refractivity contribution is 5.99. The van der Waals surface area contributed by atoms with Gasteiger partial charge in [0.05, 0.1) is 0 Å². The van der Waals surface area contributed by atoms with Gasteiger partial charge in [-0.15, -0.1) is 0 Å². The van der Waals surface area contributed by atoms with Crippen LogP contribution in [0.3, 0.4) is 0 Å². The van der Waals surface area contributed by atoms with Crippen LogP contribution in [-0.2, 0) is 9.59 Å². The second-order valence-corrected chi connectivity index (χ2v) is 6.37. The van der Waals surface area contributed by atoms with E-state index in [0.29, 0.717) is 18.3 Å². The molecule has 3 nitrogen and oxygen atoms in total. The summed E-state index contributed by atoms with van der Waals surface area (Å²) in [5.41, 5.74) is -0.137. The molecule has 0 aromatic heterocycles. The minimum atomic E-state index is -0.137. The fourth-order valence-corrected chi connectivity index (χ4v) is 3.25. The lowest BCUT2D eigenvalue weighted by Gasteiger charge is -2.43. The minimum Gasteiger partial charge on any atom is -0.296 e. The molecule has 0 bridgehead atoms. The van der Waals surface area contributed by atoms with E-state index in [4.69, 9.17) is 0 Å². The van der Waals surface area contributed by atoms with Crippen molar-refractivity contribution < 1.29 is 9.59 Å². The fraction of sp³-hybridized carbons (Fsp3) is 0.857. The normalized spacial score (nSPS) is 24.3. The highest BCUT2D eigenvalue weighted by Crippen LogP contribution is 2.45. The third-order valence-electron chi connectivity index (χ3n) is 3.72. The van der Waals surface area contributed by atoms with E-state index in [1.165, 1.54) is 0 Å². The molecule has 0 radical (unpaired) electrons. The Hall–Kier alpha value is -0.860. The Morgan fingerprint density at radius 1 is 1.18 bits per heavy atom. The van der Waals surface area contributed by atoms with E-state index in [1.807, 2.05) is 6.92 Å². The largest absolute Gasteiger partial charge is 0.296 e. The molecule has 1 rings (SSSR count). The minimum absolute atomic E-state index is 0.0648. The molecule has 98 valence electrons. The molecule has 1 aliphatic rings. The number of carbonyl (C=O) groups is 2. The fourth-order valence-electron chi connectivity index (χ4n) is 3.25. The van der Waals surface area contributed by atoms with Crippen molar-refractivity contribution in [2.24, 2.45) is 23.2 Å². The molecule has 1 N–H and O–H groups in total. The second kappa shape index (κ2) is 5.19. The number of amides is 2. The number of rotatable bonds is 4. The molecule has 0 aromatic rings. The van der Waals surface area contributed by atoms with Gasteiger partial charge in [-0.3, -0.25) is 14.9 Å². The first-order chi connectivity index (χ1) is 7.77. The summed E-state index contributed by atoms with van der Waals surface area (Å²) in [6.07, 6.45) is 2.40. The molecule has 0 aliphatic carbocycles. The van der Waals surface area contributed by atoms with Gasteiger partial charge in [-0.2, -0.15) is 0 Å². The number of carbonyl (C=O) groups excluding carboxylic acids is 2. The van der Waals surface area contributed by atoms with Crippen molar-refractivity contribution >= 4 is 11.8 Å². The summed E-state index contributed by atoms with van der Waals surface area (Å²) in [6.45, 7) is 10.6. The molecule has 1 atom stereocenters. The number of imide groups is 1. The predicted molar refractivity (Wildman–Crippen MR) is 68.3 cm³/mol. The summed E-state index contributed by atoms with van der Waals surface area (Å²) in [5, 5.41) is 2.45. The van der Waals surface area contributed by atoms with Crippen LogP contribution in [0.25, 0.3) is 0 Å². The number of hydrogen-bond donors (Lipinski definition) is 1. The van der Waals surface area contributed by atoms with Crippen LogP contribution in [-0.4, -0.2) is 11.8 Å². The van der Waals surface area contributed by atoms with Crippen molar-refractivity contribution in [3.8, 4) is 0 Å². The lowest BCUT2D eigenvalue weighted by atomic mass is 9.62. The first kappa shape index (κ1) is 14.2. The van der Waals surface area contributed by atoms with Crippen LogP contribution in [0.5, 0.6) is 0 Å². The molecule has 17 heavy (non-hydrogen) atoms. The Kier molecular flexibility index (Phi) is 4.34. The molecule has 0 aromatic carbocycles. The lowest BCUT2D eigenvalue weighted by molar-refractivity contribution is -0.144. The van der Waals surface area contributed by atoms with Crippen molar-refractivity contribution in [2.75, 3.05) is 0 Å². The topological polar surface area (TPSA) is 46.2 Å². The molecule has 1 fully saturated rings. The molecule has 1 aliphatic heterocycles. The molecule has 3 heteroatoms. The van der Waals surface area contributed by atoms with Crippen LogP contribution in [0, 0.1) is 23.2 Å². The van der Waals surface area contributed by atoms with Crippen LogP contribution in [0.15, 0.2) is 0 Å². The van der Waals surface area contributed by atoms with E-state index in [9.17, 15) is 9.59 Å². The van der Waals surface area contributed by atoms with E-state index in [0.717, 1.165) is 12.8 Å². The van der Waals surface area contributed by atoms with Crippen LogP contribution in [0.4, 0.5) is 0 Å². The van der Waals surface area contributed by atoms with Gasteiger partial charge in [-0.1, -0.05) is 34.6 Å². The lowest BCUT2D eigenvalue weighted by Crippen LogP contribution is -2.52. The van der Waals surface area contributed by atoms with Gasteiger partial charge in [0.1, 0.15) is 0 Å². The first-order valence-electron chi connectivity index (χ1n) is 6.60. The molecular weight excluding hydrogens is 214 g/mol. The van der Waals surface area contributed by atoms with E-state index in [1.54, 1.807) is 0 Å². The Labute approximate surface area is 104 Å². The van der Waals surface area contributed by atoms with Gasteiger partial charge >= 0.3 is 0 Å². The molecule has 1 saturated heterocycles. The van der Waals surface area contributed by atoms with Gasteiger partial charge < -0.3 is 0 Å². The summed E-state index contributed by atoms with van der Waals surface area (Å²) in [6, 6.07) is 0. The Morgan fingerprint density at radius 3 is 2.06 bits per heavy atom. The third-order valence-corrected chi connectivity index (χ3v) is 3.72. The van der Waals surface area contributed by atoms with Crippen LogP contribution < -0.4 is 5.32 Å². The summed E-state index contributed by atoms with van der Waals surface area (Å²) in [4.78, 5) is 23.5. The monoisotopic (exact) mass is 239 g/mol. The second-order valence-electron chi connectivity index (χ2n) is 6.37. The molecule has 1 heterocycles. The van der Waals surface area contributed by atoms with Gasteiger partial charge in [0.25, 0.3) is 0 Å². The number of hydrogen-bond acceptors (Lipinski definition) is 2. The summed E-state index contributed by atoms with van der Waals surface area (Å²) >= 11 is 0. The van der Waals surface area contributed by atoms with Crippen molar-refractivity contribution in [3.05, 3.63) is 0 Å². The summed E-state index contributed by atoms with van der Waals surface area (Å²) in [7, 11) is 0. The molecular formula is C14H25NO2. The van der Waals surface area contributed by atoms with Gasteiger partial charge in [0.15, 0.2) is 0 Å². The Bertz CT molecular complexity index is 297. The number of piperidine rings is 1. The zero-order valence-corrected chi connectivity index (χ0v) is 11.7. The molecule has 0 spiro atoms. The maximum atomic E-state index is 11.9. The Balaban J connectivity index is 3.00. The highest BCUT2D eigenvalue weighted by atomic mass is 16.2. The SMILES string of the molecule is CC(C)CC1(CC(C)C)CC(=O)NC(=O)C1C. The molecule has 2 amide bonds. The predicted octanol–water partition coefficient (Wildman–Crippen LogP) is 2.75. The molecule has 0 saturated carbocycles. The first-order valence-corrected chi connectivity index (χ1v) is 6.60. The highest BCUT2D eigenvalue weighted by Gasteiger charge is 2.46. The average molecular weight is 239 g/mol. The maximum Gasteiger partial charge on any atom is 0.229 e. The van der Waals surface area contributed by atoms with Gasteiger partial charge in [-0.25, -0.2) is 0 Å². The smallest absolute Gasteiger partial charge is 0.229 e. The van der Waals surface area contributed by atoms with Gasteiger partial charge in [-0.05, 0) is 30.1 Å². The van der Waals surface area contributed by atoms with Crippen molar-refractivity contribution in [1.29, 1.82) is 0 Å². The van der Waals surface area contributed by atoms with Crippen molar-refractivity contribution in [1.82, 2.24) is 5.32 Å². The summed E-state index contributed by atoms with van der Waals surface area (Å²) < 4.78 is 0. The standard InChI is InChI=1S/C14H25NO2/c1-9(2)6-14(7-10(3)4)8-12(16)15-13(17)11(14)5/h9-11H,6-8H2,1-5H3,(H,15,16,17). The van der Waals surface area contributed by atoms with Crippen LogP contribution >= 0.6 is 0 Å². The maximum absolute atomic E-state index is 11.9. The van der Waals surface area contributed by atoms with Gasteiger partial charge in [0, 0.05) is 12.3 Å². The van der Waals surface area contributed by atoms with E-state index in [2.05, 4.69) is 33.0 Å². The summed E-state index contributed by atoms with van der Waals surface area (Å²) in [5.74, 6) is 0.756. The average Bonchev–Trinajstić information content (AvgIpc) is 2.11. The van der Waals surface area contributed by atoms with Gasteiger partial charge in [0.2, 0.25) is 11.8 Å².